The first-order chi connectivity index (χ1) is 8.65. The van der Waals surface area contributed by atoms with Gasteiger partial charge in [-0.05, 0) is 12.1 Å². The van der Waals surface area contributed by atoms with Crippen LogP contribution in [0.2, 0.25) is 0 Å². The average molecular weight is 271 g/mol. The van der Waals surface area contributed by atoms with Crippen LogP contribution in [0.1, 0.15) is 0 Å². The maximum atomic E-state index is 10.5. The second kappa shape index (κ2) is 7.84. The molecule has 0 aromatic heterocycles. The summed E-state index contributed by atoms with van der Waals surface area (Å²) in [4.78, 5) is 10.5. The summed E-state index contributed by atoms with van der Waals surface area (Å²) in [6.07, 6.45) is 0. The number of methoxy groups -OCH3 is 1. The predicted molar refractivity (Wildman–Crippen MR) is 71.4 cm³/mol. The highest BCUT2D eigenvalue weighted by atomic mass is 32.2. The maximum absolute atomic E-state index is 10.5. The van der Waals surface area contributed by atoms with E-state index in [0.29, 0.717) is 29.6 Å². The minimum absolute atomic E-state index is 0.380. The van der Waals surface area contributed by atoms with Crippen molar-refractivity contribution in [2.75, 3.05) is 25.2 Å². The maximum Gasteiger partial charge on any atom is 0.321 e. The Labute approximate surface area is 110 Å². The van der Waals surface area contributed by atoms with E-state index in [1.54, 1.807) is 7.11 Å². The van der Waals surface area contributed by atoms with E-state index in [1.807, 2.05) is 24.3 Å². The zero-order valence-electron chi connectivity index (χ0n) is 10.2. The SMILES string of the molecule is COc1ccccc1OCCSC[C@H](N)C(=O)O. The number of ether oxygens (including phenoxy) is 2. The van der Waals surface area contributed by atoms with Crippen molar-refractivity contribution < 1.29 is 19.4 Å². The fraction of sp³-hybridized carbons (Fsp3) is 0.417. The Hall–Kier alpha value is -1.40. The number of carbonyl (C=O) groups is 1. The molecule has 1 aromatic rings. The molecule has 0 aliphatic rings. The first-order valence-electron chi connectivity index (χ1n) is 5.47. The van der Waals surface area contributed by atoms with Gasteiger partial charge in [0.1, 0.15) is 6.04 Å². The van der Waals surface area contributed by atoms with Gasteiger partial charge in [-0.2, -0.15) is 11.8 Å². The lowest BCUT2D eigenvalue weighted by Gasteiger charge is -2.10. The zero-order chi connectivity index (χ0) is 13.4. The monoisotopic (exact) mass is 271 g/mol. The van der Waals surface area contributed by atoms with Crippen molar-refractivity contribution in [3.8, 4) is 11.5 Å². The van der Waals surface area contributed by atoms with Crippen LogP contribution in [0.5, 0.6) is 11.5 Å². The molecule has 18 heavy (non-hydrogen) atoms. The summed E-state index contributed by atoms with van der Waals surface area (Å²) >= 11 is 1.45. The summed E-state index contributed by atoms with van der Waals surface area (Å²) in [5, 5.41) is 8.60. The second-order valence-electron chi connectivity index (χ2n) is 3.52. The average Bonchev–Trinajstić information content (AvgIpc) is 2.38. The van der Waals surface area contributed by atoms with Crippen LogP contribution in [0, 0.1) is 0 Å². The van der Waals surface area contributed by atoms with Gasteiger partial charge in [-0.3, -0.25) is 4.79 Å². The van der Waals surface area contributed by atoms with Crippen LogP contribution in [0.15, 0.2) is 24.3 Å². The van der Waals surface area contributed by atoms with E-state index in [0.717, 1.165) is 0 Å². The standard InChI is InChI=1S/C12H17NO4S/c1-16-10-4-2-3-5-11(10)17-6-7-18-8-9(13)12(14)15/h2-5,9H,6-8,13H2,1H3,(H,14,15)/t9-/m0/s1. The highest BCUT2D eigenvalue weighted by Crippen LogP contribution is 2.25. The molecule has 0 spiro atoms. The van der Waals surface area contributed by atoms with Gasteiger partial charge in [0.2, 0.25) is 0 Å². The summed E-state index contributed by atoms with van der Waals surface area (Å²) in [5.41, 5.74) is 5.37. The molecule has 1 aromatic carbocycles. The number of carboxylic acid groups (broad SMARTS) is 1. The van der Waals surface area contributed by atoms with Crippen LogP contribution in [-0.4, -0.2) is 42.3 Å². The zero-order valence-corrected chi connectivity index (χ0v) is 11.0. The molecule has 0 bridgehead atoms. The number of rotatable bonds is 8. The quantitative estimate of drug-likeness (QED) is 0.692. The van der Waals surface area contributed by atoms with E-state index >= 15 is 0 Å². The normalized spacial score (nSPS) is 11.9. The number of benzene rings is 1. The van der Waals surface area contributed by atoms with Gasteiger partial charge in [0.05, 0.1) is 13.7 Å². The van der Waals surface area contributed by atoms with Crippen LogP contribution in [-0.2, 0) is 4.79 Å². The van der Waals surface area contributed by atoms with Crippen molar-refractivity contribution in [2.24, 2.45) is 5.73 Å². The van der Waals surface area contributed by atoms with Crippen LogP contribution in [0.25, 0.3) is 0 Å². The molecule has 0 radical (unpaired) electrons. The van der Waals surface area contributed by atoms with Gasteiger partial charge in [0.25, 0.3) is 0 Å². The van der Waals surface area contributed by atoms with Crippen molar-refractivity contribution in [2.45, 2.75) is 6.04 Å². The lowest BCUT2D eigenvalue weighted by molar-refractivity contribution is -0.137. The molecule has 1 atom stereocenters. The van der Waals surface area contributed by atoms with E-state index in [9.17, 15) is 4.79 Å². The number of carboxylic acids is 1. The lowest BCUT2D eigenvalue weighted by atomic mass is 10.3. The minimum atomic E-state index is -0.979. The fourth-order valence-corrected chi connectivity index (χ4v) is 1.99. The van der Waals surface area contributed by atoms with Gasteiger partial charge in [0, 0.05) is 11.5 Å². The summed E-state index contributed by atoms with van der Waals surface area (Å²) in [6, 6.07) is 6.56. The Morgan fingerprint density at radius 2 is 2.11 bits per heavy atom. The highest BCUT2D eigenvalue weighted by Gasteiger charge is 2.10. The van der Waals surface area contributed by atoms with Gasteiger partial charge in [-0.15, -0.1) is 0 Å². The molecular formula is C12H17NO4S. The smallest absolute Gasteiger partial charge is 0.321 e. The molecular weight excluding hydrogens is 254 g/mol. The van der Waals surface area contributed by atoms with Gasteiger partial charge in [0.15, 0.2) is 11.5 Å². The van der Waals surface area contributed by atoms with Crippen molar-refractivity contribution in [1.82, 2.24) is 0 Å². The molecule has 5 nitrogen and oxygen atoms in total. The van der Waals surface area contributed by atoms with E-state index in [-0.39, 0.29) is 0 Å². The number of aliphatic carboxylic acids is 1. The Kier molecular flexibility index (Phi) is 6.38. The van der Waals surface area contributed by atoms with Crippen LogP contribution < -0.4 is 15.2 Å². The molecule has 0 unspecified atom stereocenters. The molecule has 0 fully saturated rings. The van der Waals surface area contributed by atoms with Crippen molar-refractivity contribution in [3.05, 3.63) is 24.3 Å². The molecule has 0 aliphatic carbocycles. The van der Waals surface area contributed by atoms with E-state index in [4.69, 9.17) is 20.3 Å². The van der Waals surface area contributed by atoms with Crippen LogP contribution in [0.3, 0.4) is 0 Å². The van der Waals surface area contributed by atoms with E-state index in [2.05, 4.69) is 0 Å². The Morgan fingerprint density at radius 1 is 1.44 bits per heavy atom. The lowest BCUT2D eigenvalue weighted by Crippen LogP contribution is -2.32. The van der Waals surface area contributed by atoms with Crippen molar-refractivity contribution in [1.29, 1.82) is 0 Å². The third-order valence-electron chi connectivity index (χ3n) is 2.17. The van der Waals surface area contributed by atoms with Crippen LogP contribution >= 0.6 is 11.8 Å². The van der Waals surface area contributed by atoms with E-state index in [1.165, 1.54) is 11.8 Å². The molecule has 0 saturated heterocycles. The summed E-state index contributed by atoms with van der Waals surface area (Å²) in [6.45, 7) is 0.484. The van der Waals surface area contributed by atoms with Gasteiger partial charge in [-0.1, -0.05) is 12.1 Å². The van der Waals surface area contributed by atoms with Gasteiger partial charge < -0.3 is 20.3 Å². The molecule has 100 valence electrons. The molecule has 0 saturated carbocycles. The molecule has 0 amide bonds. The number of hydrogen-bond donors (Lipinski definition) is 2. The van der Waals surface area contributed by atoms with E-state index < -0.39 is 12.0 Å². The minimum Gasteiger partial charge on any atom is -0.493 e. The van der Waals surface area contributed by atoms with Gasteiger partial charge in [-0.25, -0.2) is 0 Å². The summed E-state index contributed by atoms with van der Waals surface area (Å²) < 4.78 is 10.7. The molecule has 3 N–H and O–H groups in total. The number of hydrogen-bond acceptors (Lipinski definition) is 5. The molecule has 0 heterocycles. The Balaban J connectivity index is 2.24. The van der Waals surface area contributed by atoms with Crippen LogP contribution in [0.4, 0.5) is 0 Å². The molecule has 0 aliphatic heterocycles. The van der Waals surface area contributed by atoms with Gasteiger partial charge >= 0.3 is 5.97 Å². The predicted octanol–water partition coefficient (Wildman–Crippen LogP) is 1.22. The third-order valence-corrected chi connectivity index (χ3v) is 3.22. The first kappa shape index (κ1) is 14.7. The number of para-hydroxylation sites is 2. The molecule has 1 rings (SSSR count). The second-order valence-corrected chi connectivity index (χ2v) is 4.67. The largest absolute Gasteiger partial charge is 0.493 e. The topological polar surface area (TPSA) is 81.8 Å². The molecule has 6 heteroatoms. The number of thioether (sulfide) groups is 1. The summed E-state index contributed by atoms with van der Waals surface area (Å²) in [5.74, 6) is 1.45. The first-order valence-corrected chi connectivity index (χ1v) is 6.62. The third kappa shape index (κ3) is 4.85. The highest BCUT2D eigenvalue weighted by molar-refractivity contribution is 7.99. The van der Waals surface area contributed by atoms with Crippen molar-refractivity contribution >= 4 is 17.7 Å². The fourth-order valence-electron chi connectivity index (χ4n) is 1.23. The Morgan fingerprint density at radius 3 is 2.72 bits per heavy atom. The number of nitrogens with two attached hydrogens (primary N) is 1. The summed E-state index contributed by atoms with van der Waals surface area (Å²) in [7, 11) is 1.59. The Bertz CT molecular complexity index is 386. The van der Waals surface area contributed by atoms with Crippen molar-refractivity contribution in [3.63, 3.8) is 0 Å².